The zero-order valence-electron chi connectivity index (χ0n) is 27.2. The van der Waals surface area contributed by atoms with Crippen molar-refractivity contribution in [1.29, 1.82) is 0 Å². The lowest BCUT2D eigenvalue weighted by molar-refractivity contribution is -0.120. The quantitative estimate of drug-likeness (QED) is 0.152. The van der Waals surface area contributed by atoms with Gasteiger partial charge in [0.1, 0.15) is 11.6 Å². The summed E-state index contributed by atoms with van der Waals surface area (Å²) in [7, 11) is 2.99. The van der Waals surface area contributed by atoms with Gasteiger partial charge in [-0.1, -0.05) is 41.9 Å². The Balaban J connectivity index is 1.23. The summed E-state index contributed by atoms with van der Waals surface area (Å²) in [6, 6.07) is 14.5. The Morgan fingerprint density at radius 2 is 1.27 bits per heavy atom. The molecule has 2 amide bonds. The Morgan fingerprint density at radius 3 is 1.78 bits per heavy atom. The number of nitrogens with one attached hydrogen (secondary N) is 4. The number of rotatable bonds is 13. The number of nitrogens with zero attached hydrogens (tertiary/aromatic N) is 2. The molecule has 0 unspecified atom stereocenters. The molecule has 2 saturated heterocycles. The van der Waals surface area contributed by atoms with Crippen molar-refractivity contribution in [1.82, 2.24) is 31.2 Å². The van der Waals surface area contributed by atoms with Crippen molar-refractivity contribution in [3.63, 3.8) is 0 Å². The molecule has 49 heavy (non-hydrogen) atoms. The van der Waals surface area contributed by atoms with Gasteiger partial charge in [0.05, 0.1) is 30.6 Å². The van der Waals surface area contributed by atoms with Crippen LogP contribution in [-0.4, -0.2) is 61.2 Å². The predicted octanol–water partition coefficient (Wildman–Crippen LogP) is 5.16. The summed E-state index contributed by atoms with van der Waals surface area (Å²) >= 11 is 6.89. The van der Waals surface area contributed by atoms with Gasteiger partial charge >= 0.3 is 0 Å². The molecule has 4 aromatic rings. The highest BCUT2D eigenvalue weighted by Gasteiger charge is 2.23. The molecule has 2 fully saturated rings. The summed E-state index contributed by atoms with van der Waals surface area (Å²) in [6.07, 6.45) is 2.62. The van der Waals surface area contributed by atoms with E-state index in [4.69, 9.17) is 21.1 Å². The molecule has 2 aliphatic rings. The molecule has 2 aromatic carbocycles. The van der Waals surface area contributed by atoms with Gasteiger partial charge in [0.15, 0.2) is 0 Å². The summed E-state index contributed by atoms with van der Waals surface area (Å²) in [5.74, 6) is -0.578. The van der Waals surface area contributed by atoms with Gasteiger partial charge in [0.2, 0.25) is 23.6 Å². The van der Waals surface area contributed by atoms with Gasteiger partial charge in [-0.25, -0.2) is 18.7 Å². The molecule has 0 aliphatic carbocycles. The van der Waals surface area contributed by atoms with Crippen LogP contribution >= 0.6 is 11.6 Å². The minimum Gasteiger partial charge on any atom is -0.481 e. The van der Waals surface area contributed by atoms with E-state index in [0.717, 1.165) is 36.1 Å². The van der Waals surface area contributed by atoms with Crippen LogP contribution in [0.3, 0.4) is 0 Å². The monoisotopic (exact) mass is 690 g/mol. The van der Waals surface area contributed by atoms with Crippen LogP contribution in [0.1, 0.15) is 36.8 Å². The standard InChI is InChI=1S/C36H37ClF2N6O4/c1-48-35-20(16-40-18-23-8-12-31(46)42-23)6-10-29(44-35)26-5-3-4-25(33(26)37)27-14-22(38)15-28(34(27)39)30-11-7-21(36(45-30)49-2)17-41-19-24-9-13-32(47)43-24/h3-7,10-11,14-15,23-24,40-41H,8-9,12-13,16-19H2,1-2H3,(H,42,46)(H,43,47)/t23-,24-/m0/s1. The highest BCUT2D eigenvalue weighted by Crippen LogP contribution is 2.40. The average molecular weight is 691 g/mol. The van der Waals surface area contributed by atoms with E-state index in [2.05, 4.69) is 31.2 Å². The first-order valence-electron chi connectivity index (χ1n) is 16.1. The lowest BCUT2D eigenvalue weighted by Crippen LogP contribution is -2.35. The number of amides is 2. The van der Waals surface area contributed by atoms with Gasteiger partial charge in [-0.15, -0.1) is 0 Å². The Bertz CT molecular complexity index is 1880. The van der Waals surface area contributed by atoms with E-state index in [1.807, 2.05) is 6.07 Å². The molecule has 0 saturated carbocycles. The molecule has 4 N–H and O–H groups in total. The number of ether oxygens (including phenoxy) is 2. The van der Waals surface area contributed by atoms with E-state index in [0.29, 0.717) is 56.2 Å². The number of benzene rings is 2. The van der Waals surface area contributed by atoms with Crippen molar-refractivity contribution in [3.05, 3.63) is 82.4 Å². The van der Waals surface area contributed by atoms with Crippen molar-refractivity contribution in [2.75, 3.05) is 27.3 Å². The summed E-state index contributed by atoms with van der Waals surface area (Å²) < 4.78 is 42.5. The van der Waals surface area contributed by atoms with E-state index in [1.54, 1.807) is 36.4 Å². The lowest BCUT2D eigenvalue weighted by Gasteiger charge is -2.16. The van der Waals surface area contributed by atoms with E-state index < -0.39 is 11.6 Å². The molecule has 0 bridgehead atoms. The second-order valence-corrected chi connectivity index (χ2v) is 12.5. The van der Waals surface area contributed by atoms with Gasteiger partial charge in [0.25, 0.3) is 0 Å². The number of hydrogen-bond donors (Lipinski definition) is 4. The van der Waals surface area contributed by atoms with E-state index in [9.17, 15) is 9.59 Å². The fourth-order valence-electron chi connectivity index (χ4n) is 6.19. The molecule has 6 rings (SSSR count). The maximum Gasteiger partial charge on any atom is 0.220 e. The first kappa shape index (κ1) is 34.2. The first-order chi connectivity index (χ1) is 23.7. The zero-order valence-corrected chi connectivity index (χ0v) is 27.9. The fourth-order valence-corrected chi connectivity index (χ4v) is 6.52. The molecule has 2 aromatic heterocycles. The Labute approximate surface area is 288 Å². The van der Waals surface area contributed by atoms with Gasteiger partial charge in [0, 0.05) is 84.5 Å². The number of halogens is 3. The summed E-state index contributed by atoms with van der Waals surface area (Å²) in [5.41, 5.74) is 2.97. The number of carbonyl (C=O) groups is 2. The van der Waals surface area contributed by atoms with Gasteiger partial charge in [-0.3, -0.25) is 9.59 Å². The van der Waals surface area contributed by atoms with Crippen molar-refractivity contribution in [2.24, 2.45) is 0 Å². The number of hydrogen-bond acceptors (Lipinski definition) is 8. The molecular formula is C36H37ClF2N6O4. The number of methoxy groups -OCH3 is 2. The smallest absolute Gasteiger partial charge is 0.220 e. The third kappa shape index (κ3) is 7.82. The van der Waals surface area contributed by atoms with Crippen LogP contribution in [0.5, 0.6) is 11.8 Å². The van der Waals surface area contributed by atoms with Gasteiger partial charge in [-0.05, 0) is 37.1 Å². The molecule has 0 radical (unpaired) electrons. The second kappa shape index (κ2) is 15.3. The topological polar surface area (TPSA) is 126 Å². The Kier molecular flexibility index (Phi) is 10.7. The highest BCUT2D eigenvalue weighted by atomic mass is 35.5. The van der Waals surface area contributed by atoms with E-state index in [1.165, 1.54) is 14.2 Å². The molecule has 0 spiro atoms. The summed E-state index contributed by atoms with van der Waals surface area (Å²) in [4.78, 5) is 32.1. The van der Waals surface area contributed by atoms with Crippen LogP contribution in [0, 0.1) is 11.6 Å². The normalized spacial score (nSPS) is 17.2. The molecule has 256 valence electrons. The second-order valence-electron chi connectivity index (χ2n) is 12.1. The molecule has 2 aliphatic heterocycles. The highest BCUT2D eigenvalue weighted by molar-refractivity contribution is 6.36. The van der Waals surface area contributed by atoms with Crippen molar-refractivity contribution in [3.8, 4) is 45.4 Å². The van der Waals surface area contributed by atoms with Gasteiger partial charge < -0.3 is 30.7 Å². The van der Waals surface area contributed by atoms with E-state index in [-0.39, 0.29) is 57.2 Å². The van der Waals surface area contributed by atoms with E-state index >= 15 is 8.78 Å². The first-order valence-corrected chi connectivity index (χ1v) is 16.5. The van der Waals surface area contributed by atoms with Crippen molar-refractivity contribution < 1.29 is 27.8 Å². The maximum absolute atomic E-state index is 16.3. The zero-order chi connectivity index (χ0) is 34.5. The maximum atomic E-state index is 16.3. The SMILES string of the molecule is COc1nc(-c2cc(F)cc(-c3cccc(-c4ccc(CNC[C@@H]5CCC(=O)N5)c(OC)n4)c3Cl)c2F)ccc1CNC[C@@H]1CCC(=O)N1. The van der Waals surface area contributed by atoms with Crippen LogP contribution in [0.15, 0.2) is 54.6 Å². The Morgan fingerprint density at radius 1 is 0.755 bits per heavy atom. The number of pyridine rings is 2. The van der Waals surface area contributed by atoms with Crippen LogP contribution in [0.2, 0.25) is 5.02 Å². The predicted molar refractivity (Wildman–Crippen MR) is 182 cm³/mol. The molecule has 10 nitrogen and oxygen atoms in total. The number of aromatic nitrogens is 2. The average Bonchev–Trinajstić information content (AvgIpc) is 3.72. The minimum atomic E-state index is -0.691. The Hall–Kier alpha value is -4.65. The molecular weight excluding hydrogens is 654 g/mol. The minimum absolute atomic E-state index is 0.0289. The van der Waals surface area contributed by atoms with Crippen LogP contribution in [-0.2, 0) is 22.7 Å². The van der Waals surface area contributed by atoms with Crippen LogP contribution in [0.25, 0.3) is 33.6 Å². The molecule has 4 heterocycles. The van der Waals surface area contributed by atoms with Crippen LogP contribution < -0.4 is 30.7 Å². The largest absolute Gasteiger partial charge is 0.481 e. The molecule has 2 atom stereocenters. The molecule has 13 heteroatoms. The van der Waals surface area contributed by atoms with Crippen molar-refractivity contribution in [2.45, 2.75) is 50.9 Å². The van der Waals surface area contributed by atoms with Crippen LogP contribution in [0.4, 0.5) is 8.78 Å². The third-order valence-corrected chi connectivity index (χ3v) is 9.13. The lowest BCUT2D eigenvalue weighted by atomic mass is 9.97. The summed E-state index contributed by atoms with van der Waals surface area (Å²) in [5, 5.41) is 12.7. The van der Waals surface area contributed by atoms with Gasteiger partial charge in [-0.2, -0.15) is 0 Å². The fraction of sp³-hybridized carbons (Fsp3) is 0.333. The third-order valence-electron chi connectivity index (χ3n) is 8.73. The van der Waals surface area contributed by atoms with Crippen molar-refractivity contribution >= 4 is 23.4 Å². The number of carbonyl (C=O) groups excluding carboxylic acids is 2. The summed E-state index contributed by atoms with van der Waals surface area (Å²) in [6.45, 7) is 2.10.